The zero-order chi connectivity index (χ0) is 19.4. The Bertz CT molecular complexity index is 957. The number of nitrogens with one attached hydrogen (secondary N) is 1. The lowest BCUT2D eigenvalue weighted by molar-refractivity contribution is 0.0949. The summed E-state index contributed by atoms with van der Waals surface area (Å²) in [6.45, 7) is 2.19. The molecule has 0 atom stereocenters. The van der Waals surface area contributed by atoms with Gasteiger partial charge >= 0.3 is 0 Å². The van der Waals surface area contributed by atoms with Crippen molar-refractivity contribution in [1.29, 1.82) is 0 Å². The lowest BCUT2D eigenvalue weighted by Crippen LogP contribution is -2.24. The van der Waals surface area contributed by atoms with Crippen LogP contribution in [0.25, 0.3) is 5.69 Å². The number of amides is 1. The highest BCUT2D eigenvalue weighted by molar-refractivity contribution is 7.98. The molecule has 0 aliphatic rings. The first kappa shape index (κ1) is 19.3. The molecule has 0 aliphatic carbocycles. The zero-order valence-electron chi connectivity index (χ0n) is 15.2. The van der Waals surface area contributed by atoms with Gasteiger partial charge in [0.25, 0.3) is 5.91 Å². The number of halogens is 1. The van der Waals surface area contributed by atoms with Gasteiger partial charge in [0, 0.05) is 10.6 Å². The summed E-state index contributed by atoms with van der Waals surface area (Å²) in [6.07, 6.45) is 1.93. The fourth-order valence-electron chi connectivity index (χ4n) is 2.63. The van der Waals surface area contributed by atoms with Gasteiger partial charge in [-0.25, -0.2) is 0 Å². The van der Waals surface area contributed by atoms with Gasteiger partial charge < -0.3 is 10.1 Å². The minimum absolute atomic E-state index is 0.194. The Morgan fingerprint density at radius 1 is 1.22 bits per heavy atom. The maximum Gasteiger partial charge on any atom is 0.251 e. The molecule has 1 heterocycles. The molecular weight excluding hydrogens is 384 g/mol. The third-order valence-corrected chi connectivity index (χ3v) is 5.16. The predicted molar refractivity (Wildman–Crippen MR) is 107 cm³/mol. The summed E-state index contributed by atoms with van der Waals surface area (Å²) in [5.41, 5.74) is 2.37. The van der Waals surface area contributed by atoms with E-state index in [9.17, 15) is 4.79 Å². The number of ether oxygens (including phenoxy) is 1. The second kappa shape index (κ2) is 8.45. The van der Waals surface area contributed by atoms with Crippen LogP contribution in [0.3, 0.4) is 0 Å². The molecule has 1 aromatic heterocycles. The molecule has 3 aromatic rings. The molecule has 0 aliphatic heterocycles. The van der Waals surface area contributed by atoms with Gasteiger partial charge in [-0.2, -0.15) is 0 Å². The molecule has 0 saturated carbocycles. The summed E-state index contributed by atoms with van der Waals surface area (Å²) in [7, 11) is 1.59. The second-order valence-electron chi connectivity index (χ2n) is 5.73. The van der Waals surface area contributed by atoms with E-state index in [1.165, 1.54) is 11.8 Å². The number of benzene rings is 2. The molecule has 8 heteroatoms. The largest absolute Gasteiger partial charge is 0.497 e. The van der Waals surface area contributed by atoms with Gasteiger partial charge in [-0.05, 0) is 55.1 Å². The number of methoxy groups -OCH3 is 1. The zero-order valence-corrected chi connectivity index (χ0v) is 16.8. The third kappa shape index (κ3) is 4.09. The average Bonchev–Trinajstić information content (AvgIpc) is 3.11. The number of hydrogen-bond acceptors (Lipinski definition) is 5. The van der Waals surface area contributed by atoms with Crippen LogP contribution in [0.4, 0.5) is 0 Å². The Morgan fingerprint density at radius 3 is 2.63 bits per heavy atom. The number of aromatic nitrogens is 3. The smallest absolute Gasteiger partial charge is 0.251 e. The van der Waals surface area contributed by atoms with Crippen LogP contribution in [-0.4, -0.2) is 34.0 Å². The maximum absolute atomic E-state index is 12.4. The highest BCUT2D eigenvalue weighted by atomic mass is 35.5. The Hall–Kier alpha value is -2.51. The number of carbonyl (C=O) groups is 1. The summed E-state index contributed by atoms with van der Waals surface area (Å²) in [5, 5.41) is 12.7. The molecule has 0 bridgehead atoms. The molecule has 6 nitrogen and oxygen atoms in total. The summed E-state index contributed by atoms with van der Waals surface area (Å²) in [6, 6.07) is 12.6. The van der Waals surface area contributed by atoms with Crippen LogP contribution in [0.2, 0.25) is 5.02 Å². The average molecular weight is 403 g/mol. The molecule has 2 aromatic carbocycles. The van der Waals surface area contributed by atoms with Gasteiger partial charge in [-0.3, -0.25) is 9.36 Å². The van der Waals surface area contributed by atoms with Crippen LogP contribution in [-0.2, 0) is 6.54 Å². The molecule has 0 unspecified atom stereocenters. The molecule has 1 amide bonds. The fraction of sp³-hybridized carbons (Fsp3) is 0.211. The number of rotatable bonds is 6. The van der Waals surface area contributed by atoms with Gasteiger partial charge in [0.05, 0.1) is 19.3 Å². The first-order valence-corrected chi connectivity index (χ1v) is 9.81. The van der Waals surface area contributed by atoms with Crippen molar-refractivity contribution in [2.24, 2.45) is 0 Å². The fourth-order valence-corrected chi connectivity index (χ4v) is 3.31. The van der Waals surface area contributed by atoms with E-state index >= 15 is 0 Å². The van der Waals surface area contributed by atoms with Crippen LogP contribution in [0.5, 0.6) is 5.75 Å². The van der Waals surface area contributed by atoms with E-state index in [1.807, 2.05) is 35.9 Å². The monoisotopic (exact) mass is 402 g/mol. The summed E-state index contributed by atoms with van der Waals surface area (Å²) in [5.74, 6) is 1.14. The minimum Gasteiger partial charge on any atom is -0.497 e. The van der Waals surface area contributed by atoms with Crippen LogP contribution in [0.15, 0.2) is 47.6 Å². The highest BCUT2D eigenvalue weighted by Crippen LogP contribution is 2.27. The van der Waals surface area contributed by atoms with Crippen molar-refractivity contribution >= 4 is 29.3 Å². The van der Waals surface area contributed by atoms with Gasteiger partial charge in [0.15, 0.2) is 11.0 Å². The Morgan fingerprint density at radius 2 is 1.96 bits per heavy atom. The Labute approximate surface area is 166 Å². The molecular formula is C19H19ClN4O2S. The van der Waals surface area contributed by atoms with E-state index in [2.05, 4.69) is 15.5 Å². The highest BCUT2D eigenvalue weighted by Gasteiger charge is 2.17. The van der Waals surface area contributed by atoms with Gasteiger partial charge in [0.1, 0.15) is 5.75 Å². The molecule has 3 rings (SSSR count). The molecule has 27 heavy (non-hydrogen) atoms. The normalized spacial score (nSPS) is 10.7. The Balaban J connectivity index is 1.84. The van der Waals surface area contributed by atoms with E-state index in [-0.39, 0.29) is 12.5 Å². The van der Waals surface area contributed by atoms with E-state index in [0.29, 0.717) is 22.2 Å². The van der Waals surface area contributed by atoms with Crippen molar-refractivity contribution in [3.05, 3.63) is 64.4 Å². The van der Waals surface area contributed by atoms with Crippen LogP contribution >= 0.6 is 23.4 Å². The molecule has 0 saturated heterocycles. The van der Waals surface area contributed by atoms with Crippen molar-refractivity contribution in [2.45, 2.75) is 18.6 Å². The number of carbonyl (C=O) groups excluding carboxylic acids is 1. The maximum atomic E-state index is 12.4. The van der Waals surface area contributed by atoms with Crippen LogP contribution in [0, 0.1) is 6.92 Å². The van der Waals surface area contributed by atoms with E-state index in [0.717, 1.165) is 16.4 Å². The number of hydrogen-bond donors (Lipinski definition) is 1. The first-order chi connectivity index (χ1) is 13.0. The minimum atomic E-state index is -0.194. The van der Waals surface area contributed by atoms with E-state index in [1.54, 1.807) is 31.4 Å². The SMILES string of the molecule is COc1ccc(C(=O)NCc2nnc(SC)n2-c2cccc(Cl)c2C)cc1. The van der Waals surface area contributed by atoms with Crippen molar-refractivity contribution in [3.63, 3.8) is 0 Å². The third-order valence-electron chi connectivity index (χ3n) is 4.12. The number of thioether (sulfide) groups is 1. The van der Waals surface area contributed by atoms with E-state index < -0.39 is 0 Å². The van der Waals surface area contributed by atoms with Crippen LogP contribution in [0.1, 0.15) is 21.7 Å². The molecule has 0 radical (unpaired) electrons. The summed E-state index contributed by atoms with van der Waals surface area (Å²) < 4.78 is 7.03. The van der Waals surface area contributed by atoms with Gasteiger partial charge in [-0.1, -0.05) is 29.4 Å². The van der Waals surface area contributed by atoms with Gasteiger partial charge in [0.2, 0.25) is 0 Å². The second-order valence-corrected chi connectivity index (χ2v) is 6.91. The van der Waals surface area contributed by atoms with Crippen molar-refractivity contribution in [2.75, 3.05) is 13.4 Å². The lowest BCUT2D eigenvalue weighted by atomic mass is 10.2. The van der Waals surface area contributed by atoms with Crippen molar-refractivity contribution < 1.29 is 9.53 Å². The molecule has 0 spiro atoms. The van der Waals surface area contributed by atoms with Gasteiger partial charge in [-0.15, -0.1) is 10.2 Å². The summed E-state index contributed by atoms with van der Waals surface area (Å²) in [4.78, 5) is 12.4. The van der Waals surface area contributed by atoms with Crippen molar-refractivity contribution in [1.82, 2.24) is 20.1 Å². The molecule has 0 fully saturated rings. The lowest BCUT2D eigenvalue weighted by Gasteiger charge is -2.13. The van der Waals surface area contributed by atoms with E-state index in [4.69, 9.17) is 16.3 Å². The Kier molecular flexibility index (Phi) is 6.03. The summed E-state index contributed by atoms with van der Waals surface area (Å²) >= 11 is 7.75. The molecule has 140 valence electrons. The quantitative estimate of drug-likeness (QED) is 0.633. The predicted octanol–water partition coefficient (Wildman–Crippen LogP) is 3.89. The van der Waals surface area contributed by atoms with Crippen LogP contribution < -0.4 is 10.1 Å². The topological polar surface area (TPSA) is 69.0 Å². The number of nitrogens with zero attached hydrogens (tertiary/aromatic N) is 3. The standard InChI is InChI=1S/C19H19ClN4O2S/c1-12-15(20)5-4-6-16(12)24-17(22-23-19(24)27-3)11-21-18(25)13-7-9-14(26-2)10-8-13/h4-10H,11H2,1-3H3,(H,21,25). The first-order valence-electron chi connectivity index (χ1n) is 8.21. The molecule has 1 N–H and O–H groups in total. The van der Waals surface area contributed by atoms with Crippen molar-refractivity contribution in [3.8, 4) is 11.4 Å².